The molecule has 1 amide bonds. The highest BCUT2D eigenvalue weighted by Gasteiger charge is 2.22. The largest absolute Gasteiger partial charge is 0.325 e. The standard InChI is InChI=1S/C18H21FN2O3S2/c1-13(2)21(3)26(23,24)15-10-8-14(9-11-15)20-18(22)12-25-17-7-5-4-6-16(17)19/h4-11,13H,12H2,1-3H3,(H,20,22). The highest BCUT2D eigenvalue weighted by molar-refractivity contribution is 8.00. The van der Waals surface area contributed by atoms with E-state index in [0.717, 1.165) is 11.8 Å². The van der Waals surface area contributed by atoms with Crippen LogP contribution < -0.4 is 5.32 Å². The summed E-state index contributed by atoms with van der Waals surface area (Å²) in [6.07, 6.45) is 0. The van der Waals surface area contributed by atoms with Gasteiger partial charge in [0.15, 0.2) is 0 Å². The van der Waals surface area contributed by atoms with Gasteiger partial charge >= 0.3 is 0 Å². The SMILES string of the molecule is CC(C)N(C)S(=O)(=O)c1ccc(NC(=O)CSc2ccccc2F)cc1. The molecule has 1 N–H and O–H groups in total. The molecule has 0 saturated carbocycles. The summed E-state index contributed by atoms with van der Waals surface area (Å²) in [6.45, 7) is 3.58. The number of sulfonamides is 1. The minimum absolute atomic E-state index is 0.0526. The lowest BCUT2D eigenvalue weighted by atomic mass is 10.3. The summed E-state index contributed by atoms with van der Waals surface area (Å²) in [6, 6.07) is 12.1. The Bertz CT molecular complexity index is 868. The Kier molecular flexibility index (Phi) is 6.80. The Morgan fingerprint density at radius 3 is 2.35 bits per heavy atom. The van der Waals surface area contributed by atoms with E-state index in [-0.39, 0.29) is 28.4 Å². The highest BCUT2D eigenvalue weighted by Crippen LogP contribution is 2.22. The summed E-state index contributed by atoms with van der Waals surface area (Å²) < 4.78 is 39.6. The molecule has 5 nitrogen and oxygen atoms in total. The summed E-state index contributed by atoms with van der Waals surface area (Å²) in [5.41, 5.74) is 0.482. The normalized spacial score (nSPS) is 11.8. The fraction of sp³-hybridized carbons (Fsp3) is 0.278. The van der Waals surface area contributed by atoms with Crippen LogP contribution in [0.3, 0.4) is 0 Å². The van der Waals surface area contributed by atoms with E-state index >= 15 is 0 Å². The van der Waals surface area contributed by atoms with Gasteiger partial charge in [-0.1, -0.05) is 12.1 Å². The predicted octanol–water partition coefficient (Wildman–Crippen LogP) is 3.59. The highest BCUT2D eigenvalue weighted by atomic mass is 32.2. The average molecular weight is 397 g/mol. The van der Waals surface area contributed by atoms with Crippen LogP contribution >= 0.6 is 11.8 Å². The van der Waals surface area contributed by atoms with Gasteiger partial charge in [-0.25, -0.2) is 12.8 Å². The van der Waals surface area contributed by atoms with Gasteiger partial charge in [0.25, 0.3) is 0 Å². The van der Waals surface area contributed by atoms with Crippen molar-refractivity contribution in [3.8, 4) is 0 Å². The van der Waals surface area contributed by atoms with Gasteiger partial charge < -0.3 is 5.32 Å². The maximum atomic E-state index is 13.5. The predicted molar refractivity (Wildman–Crippen MR) is 102 cm³/mol. The molecule has 26 heavy (non-hydrogen) atoms. The van der Waals surface area contributed by atoms with Crippen molar-refractivity contribution in [1.29, 1.82) is 0 Å². The van der Waals surface area contributed by atoms with Crippen LogP contribution in [0.1, 0.15) is 13.8 Å². The molecule has 8 heteroatoms. The van der Waals surface area contributed by atoms with E-state index in [2.05, 4.69) is 5.32 Å². The molecule has 0 atom stereocenters. The first-order chi connectivity index (χ1) is 12.2. The molecule has 2 aromatic rings. The van der Waals surface area contributed by atoms with Crippen molar-refractivity contribution in [3.05, 3.63) is 54.3 Å². The van der Waals surface area contributed by atoms with Crippen LogP contribution in [0.15, 0.2) is 58.3 Å². The van der Waals surface area contributed by atoms with E-state index < -0.39 is 10.0 Å². The van der Waals surface area contributed by atoms with Gasteiger partial charge in [0.1, 0.15) is 5.82 Å². The van der Waals surface area contributed by atoms with Crippen LogP contribution in [0.25, 0.3) is 0 Å². The van der Waals surface area contributed by atoms with E-state index in [4.69, 9.17) is 0 Å². The number of amides is 1. The summed E-state index contributed by atoms with van der Waals surface area (Å²) in [4.78, 5) is 12.6. The maximum Gasteiger partial charge on any atom is 0.243 e. The van der Waals surface area contributed by atoms with Gasteiger partial charge in [-0.3, -0.25) is 4.79 Å². The number of benzene rings is 2. The molecule has 2 rings (SSSR count). The first-order valence-corrected chi connectivity index (χ1v) is 10.4. The molecule has 0 aromatic heterocycles. The maximum absolute atomic E-state index is 13.5. The molecule has 0 radical (unpaired) electrons. The second-order valence-electron chi connectivity index (χ2n) is 5.91. The Balaban J connectivity index is 1.98. The molecule has 0 heterocycles. The van der Waals surface area contributed by atoms with Crippen LogP contribution in [-0.4, -0.2) is 37.5 Å². The molecule has 140 valence electrons. The third-order valence-corrected chi connectivity index (χ3v) is 6.83. The lowest BCUT2D eigenvalue weighted by Crippen LogP contribution is -2.33. The van der Waals surface area contributed by atoms with Crippen molar-refractivity contribution in [2.45, 2.75) is 29.7 Å². The van der Waals surface area contributed by atoms with E-state index in [1.807, 2.05) is 0 Å². The third-order valence-electron chi connectivity index (χ3n) is 3.74. The van der Waals surface area contributed by atoms with Crippen LogP contribution in [0.5, 0.6) is 0 Å². The first kappa shape index (κ1) is 20.4. The minimum atomic E-state index is -3.56. The number of nitrogens with one attached hydrogen (secondary N) is 1. The van der Waals surface area contributed by atoms with Crippen molar-refractivity contribution in [2.75, 3.05) is 18.1 Å². The number of carbonyl (C=O) groups is 1. The molecule has 0 fully saturated rings. The van der Waals surface area contributed by atoms with Gasteiger partial charge in [0.2, 0.25) is 15.9 Å². The summed E-state index contributed by atoms with van der Waals surface area (Å²) >= 11 is 1.10. The zero-order chi connectivity index (χ0) is 19.3. The number of anilines is 1. The molecular weight excluding hydrogens is 375 g/mol. The van der Waals surface area contributed by atoms with Crippen molar-refractivity contribution >= 4 is 33.4 Å². The van der Waals surface area contributed by atoms with Gasteiger partial charge in [-0.2, -0.15) is 4.31 Å². The number of rotatable bonds is 7. The van der Waals surface area contributed by atoms with Gasteiger partial charge in [0, 0.05) is 23.7 Å². The molecule has 0 unspecified atom stereocenters. The molecule has 0 aliphatic heterocycles. The van der Waals surface area contributed by atoms with E-state index in [1.54, 1.807) is 32.0 Å². The Hall–Kier alpha value is -1.90. The first-order valence-electron chi connectivity index (χ1n) is 7.97. The summed E-state index contributed by atoms with van der Waals surface area (Å²) in [5, 5.41) is 2.67. The number of hydrogen-bond acceptors (Lipinski definition) is 4. The van der Waals surface area contributed by atoms with Crippen LogP contribution in [0.2, 0.25) is 0 Å². The topological polar surface area (TPSA) is 66.5 Å². The molecule has 0 bridgehead atoms. The zero-order valence-electron chi connectivity index (χ0n) is 14.8. The number of nitrogens with zero attached hydrogens (tertiary/aromatic N) is 1. The van der Waals surface area contributed by atoms with Crippen molar-refractivity contribution < 1.29 is 17.6 Å². The van der Waals surface area contributed by atoms with Crippen LogP contribution in [0.4, 0.5) is 10.1 Å². The zero-order valence-corrected chi connectivity index (χ0v) is 16.4. The van der Waals surface area contributed by atoms with Gasteiger partial charge in [-0.05, 0) is 50.2 Å². The Morgan fingerprint density at radius 1 is 1.15 bits per heavy atom. The summed E-state index contributed by atoms with van der Waals surface area (Å²) in [5.74, 6) is -0.612. The molecule has 0 aliphatic carbocycles. The lowest BCUT2D eigenvalue weighted by molar-refractivity contribution is -0.113. The van der Waals surface area contributed by atoms with E-state index in [9.17, 15) is 17.6 Å². The van der Waals surface area contributed by atoms with Crippen molar-refractivity contribution in [3.63, 3.8) is 0 Å². The molecule has 2 aromatic carbocycles. The number of carbonyl (C=O) groups excluding carboxylic acids is 1. The average Bonchev–Trinajstić information content (AvgIpc) is 2.60. The quantitative estimate of drug-likeness (QED) is 0.727. The van der Waals surface area contributed by atoms with Gasteiger partial charge in [0.05, 0.1) is 10.6 Å². The molecule has 0 spiro atoms. The second-order valence-corrected chi connectivity index (χ2v) is 8.92. The molecule has 0 saturated heterocycles. The molecular formula is C18H21FN2O3S2. The van der Waals surface area contributed by atoms with Crippen LogP contribution in [0, 0.1) is 5.82 Å². The smallest absolute Gasteiger partial charge is 0.243 e. The lowest BCUT2D eigenvalue weighted by Gasteiger charge is -2.21. The number of thioether (sulfide) groups is 1. The Morgan fingerprint density at radius 2 is 1.77 bits per heavy atom. The second kappa shape index (κ2) is 8.66. The Labute approximate surface area is 157 Å². The van der Waals surface area contributed by atoms with Crippen molar-refractivity contribution in [2.24, 2.45) is 0 Å². The fourth-order valence-corrected chi connectivity index (χ4v) is 4.16. The third kappa shape index (κ3) is 5.06. The van der Waals surface area contributed by atoms with Gasteiger partial charge in [-0.15, -0.1) is 11.8 Å². The van der Waals surface area contributed by atoms with E-state index in [0.29, 0.717) is 10.6 Å². The minimum Gasteiger partial charge on any atom is -0.325 e. The monoisotopic (exact) mass is 396 g/mol. The molecule has 0 aliphatic rings. The number of hydrogen-bond donors (Lipinski definition) is 1. The van der Waals surface area contributed by atoms with Crippen LogP contribution in [-0.2, 0) is 14.8 Å². The van der Waals surface area contributed by atoms with E-state index in [1.165, 1.54) is 41.7 Å². The number of halogens is 1. The van der Waals surface area contributed by atoms with Crippen molar-refractivity contribution in [1.82, 2.24) is 4.31 Å². The summed E-state index contributed by atoms with van der Waals surface area (Å²) in [7, 11) is -2.04. The fourth-order valence-electron chi connectivity index (χ4n) is 2.06.